The van der Waals surface area contributed by atoms with E-state index < -0.39 is 0 Å². The number of hydrogen-bond donors (Lipinski definition) is 0. The summed E-state index contributed by atoms with van der Waals surface area (Å²) in [6, 6.07) is 2.48. The fourth-order valence-corrected chi connectivity index (χ4v) is 4.81. The average molecular weight is 443 g/mol. The van der Waals surface area contributed by atoms with E-state index in [0.717, 1.165) is 65.7 Å². The molecule has 3 aliphatic heterocycles. The van der Waals surface area contributed by atoms with Gasteiger partial charge in [-0.15, -0.1) is 0 Å². The fourth-order valence-electron chi connectivity index (χ4n) is 4.81. The van der Waals surface area contributed by atoms with Crippen LogP contribution in [0.5, 0.6) is 0 Å². The highest BCUT2D eigenvalue weighted by Gasteiger charge is 2.26. The monoisotopic (exact) mass is 442 g/mol. The topological polar surface area (TPSA) is 57.0 Å². The van der Waals surface area contributed by atoms with Crippen LogP contribution in [0.1, 0.15) is 30.9 Å². The Bertz CT molecular complexity index is 1260. The summed E-state index contributed by atoms with van der Waals surface area (Å²) in [4.78, 5) is 24.5. The molecule has 0 bridgehead atoms. The van der Waals surface area contributed by atoms with Crippen molar-refractivity contribution in [1.82, 2.24) is 29.3 Å². The van der Waals surface area contributed by atoms with Crippen molar-refractivity contribution in [3.63, 3.8) is 0 Å². The van der Waals surface area contributed by atoms with Crippen LogP contribution in [0.2, 0.25) is 0 Å². The van der Waals surface area contributed by atoms with Crippen molar-refractivity contribution in [2.45, 2.75) is 33.7 Å². The molecule has 0 unspecified atom stereocenters. The van der Waals surface area contributed by atoms with E-state index in [1.165, 1.54) is 0 Å². The van der Waals surface area contributed by atoms with Gasteiger partial charge in [-0.3, -0.25) is 19.6 Å². The molecular formula is C26H30N6O. The molecule has 33 heavy (non-hydrogen) atoms. The number of carbonyl (C=O) groups is 1. The summed E-state index contributed by atoms with van der Waals surface area (Å²) in [7, 11) is 0. The molecule has 170 valence electrons. The number of nitrogens with zero attached hydrogens (tertiary/aromatic N) is 6. The summed E-state index contributed by atoms with van der Waals surface area (Å²) in [5.74, 6) is -0.0780. The molecule has 3 aliphatic rings. The van der Waals surface area contributed by atoms with Crippen molar-refractivity contribution in [3.05, 3.63) is 83.4 Å². The lowest BCUT2D eigenvalue weighted by atomic mass is 10.1. The Balaban J connectivity index is 1.45. The quantitative estimate of drug-likeness (QED) is 0.729. The van der Waals surface area contributed by atoms with Crippen molar-refractivity contribution >= 4 is 17.0 Å². The number of fused-ring (bicyclic) bond motifs is 2. The summed E-state index contributed by atoms with van der Waals surface area (Å²) in [6.45, 7) is 12.4. The van der Waals surface area contributed by atoms with E-state index >= 15 is 0 Å². The molecule has 1 amide bonds. The Morgan fingerprint density at radius 2 is 1.94 bits per heavy atom. The zero-order chi connectivity index (χ0) is 23.1. The second-order valence-corrected chi connectivity index (χ2v) is 8.90. The van der Waals surface area contributed by atoms with E-state index in [1.54, 1.807) is 11.0 Å². The van der Waals surface area contributed by atoms with Crippen LogP contribution in [0.3, 0.4) is 0 Å². The third-order valence-corrected chi connectivity index (χ3v) is 6.62. The minimum absolute atomic E-state index is 0.0780. The van der Waals surface area contributed by atoms with Crippen LogP contribution in [-0.4, -0.2) is 67.4 Å². The van der Waals surface area contributed by atoms with Crippen molar-refractivity contribution in [2.75, 3.05) is 26.2 Å². The van der Waals surface area contributed by atoms with E-state index in [4.69, 9.17) is 5.10 Å². The van der Waals surface area contributed by atoms with Crippen molar-refractivity contribution < 1.29 is 4.79 Å². The minimum Gasteiger partial charge on any atom is -0.367 e. The number of aryl methyl sites for hydroxylation is 2. The molecule has 1 atom stereocenters. The highest BCUT2D eigenvalue weighted by molar-refractivity contribution is 5.99. The standard InChI is InChI=1S/C26H30N6O/c1-5-29-11-12-30(16-19(29)3)23-10-9-22-8-6-7-21(13-26(33)31(22)17-23)24-14-25-20(4)27-18(2)15-32(25)28-24/h6-10,13-15,17,19H,5,11-12,16H2,1-4H3/b7-6+,21-13+,22-8?/t19-/m1/s1. The van der Waals surface area contributed by atoms with Crippen molar-refractivity contribution in [1.29, 1.82) is 0 Å². The molecule has 1 fully saturated rings. The summed E-state index contributed by atoms with van der Waals surface area (Å²) < 4.78 is 1.84. The maximum atomic E-state index is 13.3. The summed E-state index contributed by atoms with van der Waals surface area (Å²) in [6.07, 6.45) is 15.6. The lowest BCUT2D eigenvalue weighted by molar-refractivity contribution is -0.122. The molecule has 2 aromatic heterocycles. The van der Waals surface area contributed by atoms with E-state index in [0.29, 0.717) is 6.04 Å². The van der Waals surface area contributed by atoms with Gasteiger partial charge in [0.25, 0.3) is 5.91 Å². The van der Waals surface area contributed by atoms with Crippen LogP contribution in [0.4, 0.5) is 0 Å². The molecule has 5 rings (SSSR count). The van der Waals surface area contributed by atoms with Crippen LogP contribution in [0.25, 0.3) is 11.1 Å². The largest absolute Gasteiger partial charge is 0.367 e. The Kier molecular flexibility index (Phi) is 5.50. The van der Waals surface area contributed by atoms with Gasteiger partial charge in [-0.2, -0.15) is 5.10 Å². The highest BCUT2D eigenvalue weighted by atomic mass is 16.2. The predicted molar refractivity (Wildman–Crippen MR) is 130 cm³/mol. The van der Waals surface area contributed by atoms with Gasteiger partial charge in [0.05, 0.1) is 34.5 Å². The first-order chi connectivity index (χ1) is 15.9. The van der Waals surface area contributed by atoms with E-state index in [-0.39, 0.29) is 5.91 Å². The van der Waals surface area contributed by atoms with Gasteiger partial charge >= 0.3 is 0 Å². The third-order valence-electron chi connectivity index (χ3n) is 6.62. The highest BCUT2D eigenvalue weighted by Crippen LogP contribution is 2.26. The molecule has 5 heterocycles. The van der Waals surface area contributed by atoms with Gasteiger partial charge in [0.2, 0.25) is 0 Å². The number of carbonyl (C=O) groups excluding carboxylic acids is 1. The first-order valence-electron chi connectivity index (χ1n) is 11.6. The van der Waals surface area contributed by atoms with Crippen LogP contribution in [-0.2, 0) is 4.79 Å². The fraction of sp³-hybridized carbons (Fsp3) is 0.346. The molecule has 0 aliphatic carbocycles. The summed E-state index contributed by atoms with van der Waals surface area (Å²) in [5.41, 5.74) is 6.25. The predicted octanol–water partition coefficient (Wildman–Crippen LogP) is 3.45. The van der Waals surface area contributed by atoms with Crippen LogP contribution in [0, 0.1) is 13.8 Å². The Morgan fingerprint density at radius 1 is 1.12 bits per heavy atom. The van der Waals surface area contributed by atoms with Gasteiger partial charge < -0.3 is 4.90 Å². The second-order valence-electron chi connectivity index (χ2n) is 8.90. The van der Waals surface area contributed by atoms with Crippen LogP contribution < -0.4 is 0 Å². The zero-order valence-electron chi connectivity index (χ0n) is 19.7. The molecular weight excluding hydrogens is 412 g/mol. The van der Waals surface area contributed by atoms with Crippen molar-refractivity contribution in [3.8, 4) is 0 Å². The molecule has 7 nitrogen and oxygen atoms in total. The van der Waals surface area contributed by atoms with E-state index in [2.05, 4.69) is 34.7 Å². The minimum atomic E-state index is -0.0780. The van der Waals surface area contributed by atoms with Gasteiger partial charge in [-0.1, -0.05) is 19.1 Å². The van der Waals surface area contributed by atoms with Crippen LogP contribution >= 0.6 is 0 Å². The molecule has 0 saturated carbocycles. The second kappa shape index (κ2) is 8.48. The number of aromatic nitrogens is 3. The Morgan fingerprint density at radius 3 is 2.73 bits per heavy atom. The molecule has 0 aromatic carbocycles. The van der Waals surface area contributed by atoms with Gasteiger partial charge in [-0.25, -0.2) is 4.52 Å². The number of allylic oxidation sites excluding steroid dienone is 6. The molecule has 7 heteroatoms. The number of rotatable bonds is 3. The Hall–Kier alpha value is -3.45. The summed E-state index contributed by atoms with van der Waals surface area (Å²) >= 11 is 0. The smallest absolute Gasteiger partial charge is 0.255 e. The molecule has 0 radical (unpaired) electrons. The van der Waals surface area contributed by atoms with Crippen molar-refractivity contribution in [2.24, 2.45) is 0 Å². The first kappa shape index (κ1) is 21.4. The first-order valence-corrected chi connectivity index (χ1v) is 11.6. The lowest BCUT2D eigenvalue weighted by Gasteiger charge is -2.42. The van der Waals surface area contributed by atoms with Crippen LogP contribution in [0.15, 0.2) is 66.3 Å². The SMILES string of the molecule is CCN1CCN(C2=CN3C(=O)/C=C(c4cc5c(C)nc(C)cn5n4)\C=C\C=C3C=C2)C[C@H]1C. The maximum absolute atomic E-state index is 13.3. The van der Waals surface area contributed by atoms with E-state index in [9.17, 15) is 4.79 Å². The van der Waals surface area contributed by atoms with Gasteiger partial charge in [0.1, 0.15) is 0 Å². The number of piperazine rings is 1. The average Bonchev–Trinajstić information content (AvgIpc) is 3.21. The van der Waals surface area contributed by atoms with Gasteiger partial charge in [-0.05, 0) is 51.6 Å². The number of likely N-dealkylation sites (N-methyl/N-ethyl adjacent to an activating group) is 1. The van der Waals surface area contributed by atoms with E-state index in [1.807, 2.05) is 61.1 Å². The van der Waals surface area contributed by atoms with Gasteiger partial charge in [0, 0.05) is 49.2 Å². The van der Waals surface area contributed by atoms with Gasteiger partial charge in [0.15, 0.2) is 0 Å². The molecule has 0 spiro atoms. The molecule has 0 N–H and O–H groups in total. The zero-order valence-corrected chi connectivity index (χ0v) is 19.7. The molecule has 2 aromatic rings. The lowest BCUT2D eigenvalue weighted by Crippen LogP contribution is -2.51. The number of amides is 1. The summed E-state index contributed by atoms with van der Waals surface area (Å²) in [5, 5.41) is 4.70. The third kappa shape index (κ3) is 4.04. The number of hydrogen-bond acceptors (Lipinski definition) is 5. The molecule has 1 saturated heterocycles. The normalized spacial score (nSPS) is 24.1. The Labute approximate surface area is 194 Å². The maximum Gasteiger partial charge on any atom is 0.255 e.